The van der Waals surface area contributed by atoms with Crippen LogP contribution in [0.3, 0.4) is 0 Å². The Bertz CT molecular complexity index is 566. The van der Waals surface area contributed by atoms with Crippen molar-refractivity contribution in [2.75, 3.05) is 0 Å². The van der Waals surface area contributed by atoms with Crippen LogP contribution in [-0.2, 0) is 0 Å². The van der Waals surface area contributed by atoms with Gasteiger partial charge >= 0.3 is 5.97 Å². The second kappa shape index (κ2) is 5.04. The van der Waals surface area contributed by atoms with E-state index in [9.17, 15) is 4.79 Å². The van der Waals surface area contributed by atoms with Gasteiger partial charge in [-0.3, -0.25) is 0 Å². The van der Waals surface area contributed by atoms with Crippen molar-refractivity contribution in [1.82, 2.24) is 0 Å². The lowest BCUT2D eigenvalue weighted by atomic mass is 10.4. The average molecular weight is 289 g/mol. The van der Waals surface area contributed by atoms with Crippen molar-refractivity contribution in [2.45, 2.75) is 9.99 Å². The Morgan fingerprint density at radius 3 is 2.53 bits per heavy atom. The van der Waals surface area contributed by atoms with E-state index in [-0.39, 0.29) is 5.76 Å². The first-order valence-electron chi connectivity index (χ1n) is 4.52. The van der Waals surface area contributed by atoms with Crippen LogP contribution in [0.2, 0.25) is 10.0 Å². The molecule has 1 N–H and O–H groups in total. The number of furan rings is 1. The first kappa shape index (κ1) is 12.4. The monoisotopic (exact) mass is 288 g/mol. The van der Waals surface area contributed by atoms with E-state index in [1.165, 1.54) is 17.8 Å². The lowest BCUT2D eigenvalue weighted by Gasteiger charge is -2.00. The van der Waals surface area contributed by atoms with Gasteiger partial charge in [0.2, 0.25) is 5.76 Å². The highest BCUT2D eigenvalue weighted by atomic mass is 35.5. The van der Waals surface area contributed by atoms with Gasteiger partial charge in [-0.25, -0.2) is 4.79 Å². The van der Waals surface area contributed by atoms with Crippen molar-refractivity contribution in [3.63, 3.8) is 0 Å². The normalized spacial score (nSPS) is 10.5. The molecule has 0 aliphatic heterocycles. The van der Waals surface area contributed by atoms with Gasteiger partial charge in [-0.05, 0) is 30.3 Å². The Balaban J connectivity index is 2.19. The molecule has 2 rings (SSSR count). The van der Waals surface area contributed by atoms with Gasteiger partial charge in [-0.2, -0.15) is 0 Å². The van der Waals surface area contributed by atoms with E-state index in [0.29, 0.717) is 15.1 Å². The summed E-state index contributed by atoms with van der Waals surface area (Å²) in [7, 11) is 0. The van der Waals surface area contributed by atoms with E-state index in [2.05, 4.69) is 0 Å². The highest BCUT2D eigenvalue weighted by molar-refractivity contribution is 7.99. The van der Waals surface area contributed by atoms with Crippen molar-refractivity contribution < 1.29 is 14.3 Å². The highest BCUT2D eigenvalue weighted by Crippen LogP contribution is 2.33. The first-order chi connectivity index (χ1) is 8.06. The summed E-state index contributed by atoms with van der Waals surface area (Å²) in [4.78, 5) is 11.4. The number of carboxylic acids is 1. The van der Waals surface area contributed by atoms with Crippen LogP contribution >= 0.6 is 35.0 Å². The Morgan fingerprint density at radius 1 is 1.18 bits per heavy atom. The third kappa shape index (κ3) is 2.97. The fraction of sp³-hybridized carbons (Fsp3) is 0. The Hall–Kier alpha value is -1.10. The molecular formula is C11H6Cl2O3S. The van der Waals surface area contributed by atoms with Crippen LogP contribution in [0, 0.1) is 0 Å². The van der Waals surface area contributed by atoms with Gasteiger partial charge in [0.25, 0.3) is 0 Å². The molecule has 2 aromatic rings. The predicted octanol–water partition coefficient (Wildman–Crippen LogP) is 4.44. The molecule has 6 heteroatoms. The number of hydrogen-bond donors (Lipinski definition) is 1. The molecule has 1 aromatic carbocycles. The van der Waals surface area contributed by atoms with Gasteiger partial charge in [0.05, 0.1) is 10.0 Å². The van der Waals surface area contributed by atoms with Gasteiger partial charge in [0, 0.05) is 4.90 Å². The second-order valence-electron chi connectivity index (χ2n) is 3.10. The Labute approximate surface area is 111 Å². The molecule has 0 radical (unpaired) electrons. The summed E-state index contributed by atoms with van der Waals surface area (Å²) in [5, 5.41) is 10.1. The van der Waals surface area contributed by atoms with Crippen molar-refractivity contribution in [2.24, 2.45) is 0 Å². The molecule has 0 amide bonds. The van der Waals surface area contributed by atoms with Crippen LogP contribution < -0.4 is 0 Å². The molecule has 0 spiro atoms. The van der Waals surface area contributed by atoms with Crippen molar-refractivity contribution in [3.05, 3.63) is 46.1 Å². The Morgan fingerprint density at radius 2 is 1.94 bits per heavy atom. The fourth-order valence-corrected chi connectivity index (χ4v) is 2.32. The molecule has 0 aliphatic carbocycles. The third-order valence-corrected chi connectivity index (χ3v) is 3.55. The lowest BCUT2D eigenvalue weighted by molar-refractivity contribution is 0.0656. The predicted molar refractivity (Wildman–Crippen MR) is 66.3 cm³/mol. The molecule has 0 unspecified atom stereocenters. The van der Waals surface area contributed by atoms with Crippen LogP contribution in [0.4, 0.5) is 0 Å². The molecule has 3 nitrogen and oxygen atoms in total. The number of benzene rings is 1. The maximum atomic E-state index is 10.6. The minimum Gasteiger partial charge on any atom is -0.475 e. The van der Waals surface area contributed by atoms with Crippen LogP contribution in [0.1, 0.15) is 10.6 Å². The summed E-state index contributed by atoms with van der Waals surface area (Å²) in [5.41, 5.74) is 0. The third-order valence-electron chi connectivity index (χ3n) is 1.90. The Kier molecular flexibility index (Phi) is 3.66. The minimum absolute atomic E-state index is 0.0902. The zero-order valence-electron chi connectivity index (χ0n) is 8.31. The largest absolute Gasteiger partial charge is 0.475 e. The zero-order valence-corrected chi connectivity index (χ0v) is 10.6. The standard InChI is InChI=1S/C11H6Cl2O3S/c12-7-2-1-6(5-8(7)13)17-10-4-3-9(16-10)11(14)15/h1-5H,(H,14,15). The summed E-state index contributed by atoms with van der Waals surface area (Å²) in [6, 6.07) is 8.14. The number of aromatic carboxylic acids is 1. The summed E-state index contributed by atoms with van der Waals surface area (Å²) >= 11 is 12.9. The second-order valence-corrected chi connectivity index (χ2v) is 4.99. The highest BCUT2D eigenvalue weighted by Gasteiger charge is 2.10. The molecule has 0 fully saturated rings. The number of carboxylic acid groups (broad SMARTS) is 1. The molecule has 0 bridgehead atoms. The zero-order chi connectivity index (χ0) is 12.4. The number of halogens is 2. The molecule has 0 saturated heterocycles. The SMILES string of the molecule is O=C(O)c1ccc(Sc2ccc(Cl)c(Cl)c2)o1. The van der Waals surface area contributed by atoms with Gasteiger partial charge in [0.15, 0.2) is 5.09 Å². The van der Waals surface area contributed by atoms with E-state index in [4.69, 9.17) is 32.7 Å². The van der Waals surface area contributed by atoms with Gasteiger partial charge in [-0.15, -0.1) is 0 Å². The summed E-state index contributed by atoms with van der Waals surface area (Å²) in [6.07, 6.45) is 0. The number of hydrogen-bond acceptors (Lipinski definition) is 3. The van der Waals surface area contributed by atoms with E-state index in [1.807, 2.05) is 0 Å². The topological polar surface area (TPSA) is 50.4 Å². The molecule has 0 atom stereocenters. The molecule has 1 aromatic heterocycles. The molecule has 0 saturated carbocycles. The first-order valence-corrected chi connectivity index (χ1v) is 6.09. The molecule has 17 heavy (non-hydrogen) atoms. The maximum absolute atomic E-state index is 10.6. The van der Waals surface area contributed by atoms with E-state index >= 15 is 0 Å². The van der Waals surface area contributed by atoms with Crippen LogP contribution in [0.25, 0.3) is 0 Å². The van der Waals surface area contributed by atoms with E-state index < -0.39 is 5.97 Å². The van der Waals surface area contributed by atoms with E-state index in [1.54, 1.807) is 24.3 Å². The molecular weight excluding hydrogens is 283 g/mol. The molecule has 1 heterocycles. The lowest BCUT2D eigenvalue weighted by Crippen LogP contribution is -1.91. The number of carbonyl (C=O) groups is 1. The average Bonchev–Trinajstić information content (AvgIpc) is 2.72. The quantitative estimate of drug-likeness (QED) is 0.907. The molecule has 0 aliphatic rings. The van der Waals surface area contributed by atoms with Crippen LogP contribution in [0.5, 0.6) is 0 Å². The van der Waals surface area contributed by atoms with Gasteiger partial charge < -0.3 is 9.52 Å². The van der Waals surface area contributed by atoms with Gasteiger partial charge in [-0.1, -0.05) is 35.0 Å². The number of rotatable bonds is 3. The smallest absolute Gasteiger partial charge is 0.371 e. The molecule has 88 valence electrons. The summed E-state index contributed by atoms with van der Waals surface area (Å²) in [5.74, 6) is -1.18. The van der Waals surface area contributed by atoms with Crippen LogP contribution in [-0.4, -0.2) is 11.1 Å². The van der Waals surface area contributed by atoms with Crippen molar-refractivity contribution in [3.8, 4) is 0 Å². The summed E-state index contributed by atoms with van der Waals surface area (Å²) < 4.78 is 5.11. The fourth-order valence-electron chi connectivity index (χ4n) is 1.15. The van der Waals surface area contributed by atoms with E-state index in [0.717, 1.165) is 4.90 Å². The van der Waals surface area contributed by atoms with Crippen molar-refractivity contribution >= 4 is 40.9 Å². The van der Waals surface area contributed by atoms with Crippen molar-refractivity contribution in [1.29, 1.82) is 0 Å². The minimum atomic E-state index is -1.09. The van der Waals surface area contributed by atoms with Crippen LogP contribution in [0.15, 0.2) is 44.7 Å². The summed E-state index contributed by atoms with van der Waals surface area (Å²) in [6.45, 7) is 0. The van der Waals surface area contributed by atoms with Gasteiger partial charge in [0.1, 0.15) is 0 Å². The maximum Gasteiger partial charge on any atom is 0.371 e.